The van der Waals surface area contributed by atoms with Gasteiger partial charge in [-0.1, -0.05) is 12.1 Å². The van der Waals surface area contributed by atoms with Crippen LogP contribution in [0.1, 0.15) is 6.42 Å². The highest BCUT2D eigenvalue weighted by Crippen LogP contribution is 2.33. The molecule has 0 fully saturated rings. The zero-order valence-corrected chi connectivity index (χ0v) is 15.0. The van der Waals surface area contributed by atoms with Gasteiger partial charge in [-0.25, -0.2) is 4.39 Å². The Labute approximate surface area is 156 Å². The van der Waals surface area contributed by atoms with Crippen molar-refractivity contribution < 1.29 is 14.0 Å². The lowest BCUT2D eigenvalue weighted by Gasteiger charge is -2.23. The summed E-state index contributed by atoms with van der Waals surface area (Å²) in [7, 11) is 0. The van der Waals surface area contributed by atoms with E-state index in [0.29, 0.717) is 5.69 Å². The summed E-state index contributed by atoms with van der Waals surface area (Å²) in [6.07, 6.45) is 0.998. The Morgan fingerprint density at radius 1 is 1.08 bits per heavy atom. The molecule has 136 valence electrons. The summed E-state index contributed by atoms with van der Waals surface area (Å²) in [6.45, 7) is 0.890. The summed E-state index contributed by atoms with van der Waals surface area (Å²) >= 11 is 1.80. The van der Waals surface area contributed by atoms with E-state index in [9.17, 15) is 14.0 Å². The van der Waals surface area contributed by atoms with Gasteiger partial charge in [-0.05, 0) is 48.6 Å². The van der Waals surface area contributed by atoms with E-state index in [4.69, 9.17) is 0 Å². The topological polar surface area (TPSA) is 61.4 Å². The molecule has 0 aromatic heterocycles. The molecule has 2 N–H and O–H groups in total. The molecule has 26 heavy (non-hydrogen) atoms. The van der Waals surface area contributed by atoms with Gasteiger partial charge in [-0.2, -0.15) is 0 Å². The zero-order valence-electron chi connectivity index (χ0n) is 14.2. The normalized spacial score (nSPS) is 13.5. The summed E-state index contributed by atoms with van der Waals surface area (Å²) in [5, 5.41) is 5.26. The van der Waals surface area contributed by atoms with Crippen LogP contribution in [0.3, 0.4) is 0 Å². The number of nitrogens with zero attached hydrogens (tertiary/aromatic N) is 1. The van der Waals surface area contributed by atoms with E-state index >= 15 is 0 Å². The Kier molecular flexibility index (Phi) is 6.12. The Bertz CT molecular complexity index is 783. The number of rotatable bonds is 5. The van der Waals surface area contributed by atoms with Crippen molar-refractivity contribution >= 4 is 35.0 Å². The number of nitrogens with one attached hydrogen (secondary N) is 2. The molecule has 0 unspecified atom stereocenters. The predicted octanol–water partition coefficient (Wildman–Crippen LogP) is 2.88. The second kappa shape index (κ2) is 8.71. The highest BCUT2D eigenvalue weighted by atomic mass is 32.2. The van der Waals surface area contributed by atoms with Crippen molar-refractivity contribution in [2.75, 3.05) is 35.6 Å². The number of hydrogen-bond donors (Lipinski definition) is 2. The third-order valence-electron chi connectivity index (χ3n) is 3.94. The van der Waals surface area contributed by atoms with Crippen molar-refractivity contribution in [3.05, 3.63) is 54.3 Å². The summed E-state index contributed by atoms with van der Waals surface area (Å²) < 4.78 is 12.9. The number of halogens is 1. The summed E-state index contributed by atoms with van der Waals surface area (Å²) in [5.74, 6) is 0.0970. The van der Waals surface area contributed by atoms with Gasteiger partial charge in [0.15, 0.2) is 0 Å². The average Bonchev–Trinajstić information content (AvgIpc) is 2.84. The van der Waals surface area contributed by atoms with Crippen LogP contribution >= 0.6 is 11.8 Å². The third kappa shape index (κ3) is 4.98. The van der Waals surface area contributed by atoms with Gasteiger partial charge in [-0.3, -0.25) is 9.59 Å². The Balaban J connectivity index is 1.51. The standard InChI is InChI=1S/C19H20FN3O2S/c20-14-6-8-15(9-7-14)22-18(24)12-21-19(25)13-23-10-3-11-26-17-5-2-1-4-16(17)23/h1-2,4-9H,3,10-13H2,(H,21,25)(H,22,24). The Hall–Kier alpha value is -2.54. The van der Waals surface area contributed by atoms with Crippen LogP contribution in [0.15, 0.2) is 53.4 Å². The van der Waals surface area contributed by atoms with Crippen LogP contribution in [-0.2, 0) is 9.59 Å². The number of fused-ring (bicyclic) bond motifs is 1. The number of thioether (sulfide) groups is 1. The van der Waals surface area contributed by atoms with Crippen LogP contribution in [0.25, 0.3) is 0 Å². The molecule has 1 aliphatic heterocycles. The lowest BCUT2D eigenvalue weighted by Crippen LogP contribution is -2.41. The lowest BCUT2D eigenvalue weighted by atomic mass is 10.2. The minimum Gasteiger partial charge on any atom is -0.361 e. The monoisotopic (exact) mass is 373 g/mol. The second-order valence-corrected chi connectivity index (χ2v) is 7.06. The molecular formula is C19H20FN3O2S. The second-order valence-electron chi connectivity index (χ2n) is 5.92. The van der Waals surface area contributed by atoms with Crippen molar-refractivity contribution in [2.45, 2.75) is 11.3 Å². The van der Waals surface area contributed by atoms with Gasteiger partial charge < -0.3 is 15.5 Å². The van der Waals surface area contributed by atoms with Crippen LogP contribution in [-0.4, -0.2) is 37.2 Å². The highest BCUT2D eigenvalue weighted by molar-refractivity contribution is 7.99. The van der Waals surface area contributed by atoms with Crippen LogP contribution in [0.4, 0.5) is 15.8 Å². The van der Waals surface area contributed by atoms with E-state index in [0.717, 1.165) is 24.4 Å². The first kappa shape index (κ1) is 18.3. The van der Waals surface area contributed by atoms with Crippen LogP contribution < -0.4 is 15.5 Å². The molecule has 3 rings (SSSR count). The van der Waals surface area contributed by atoms with Gasteiger partial charge in [0.25, 0.3) is 0 Å². The number of hydrogen-bond acceptors (Lipinski definition) is 4. The fourth-order valence-corrected chi connectivity index (χ4v) is 3.72. The summed E-state index contributed by atoms with van der Waals surface area (Å²) in [5.41, 5.74) is 1.55. The molecule has 0 aliphatic carbocycles. The number of anilines is 2. The molecule has 2 amide bonds. The number of para-hydroxylation sites is 1. The maximum atomic E-state index is 12.9. The Morgan fingerprint density at radius 2 is 1.85 bits per heavy atom. The molecule has 1 aliphatic rings. The fourth-order valence-electron chi connectivity index (χ4n) is 2.71. The smallest absolute Gasteiger partial charge is 0.243 e. The molecule has 0 radical (unpaired) electrons. The van der Waals surface area contributed by atoms with E-state index in [1.54, 1.807) is 11.8 Å². The minimum absolute atomic E-state index is 0.125. The molecule has 0 saturated heterocycles. The quantitative estimate of drug-likeness (QED) is 0.846. The van der Waals surface area contributed by atoms with E-state index in [2.05, 4.69) is 16.7 Å². The van der Waals surface area contributed by atoms with Crippen LogP contribution in [0.2, 0.25) is 0 Å². The van der Waals surface area contributed by atoms with Crippen molar-refractivity contribution in [3.8, 4) is 0 Å². The van der Waals surface area contributed by atoms with Crippen molar-refractivity contribution in [1.29, 1.82) is 0 Å². The van der Waals surface area contributed by atoms with Gasteiger partial charge in [0.05, 0.1) is 18.8 Å². The fraction of sp³-hybridized carbons (Fsp3) is 0.263. The first-order valence-electron chi connectivity index (χ1n) is 8.41. The minimum atomic E-state index is -0.368. The van der Waals surface area contributed by atoms with Gasteiger partial charge >= 0.3 is 0 Å². The summed E-state index contributed by atoms with van der Waals surface area (Å²) in [6, 6.07) is 13.5. The van der Waals surface area contributed by atoms with Crippen molar-refractivity contribution in [1.82, 2.24) is 5.32 Å². The molecule has 5 nitrogen and oxygen atoms in total. The van der Waals surface area contributed by atoms with E-state index in [-0.39, 0.29) is 30.7 Å². The van der Waals surface area contributed by atoms with Gasteiger partial charge in [0.2, 0.25) is 11.8 Å². The molecule has 0 bridgehead atoms. The largest absolute Gasteiger partial charge is 0.361 e. The van der Waals surface area contributed by atoms with Crippen LogP contribution in [0.5, 0.6) is 0 Å². The first-order valence-corrected chi connectivity index (χ1v) is 9.39. The first-order chi connectivity index (χ1) is 12.6. The molecule has 2 aromatic carbocycles. The lowest BCUT2D eigenvalue weighted by molar-refractivity contribution is -0.123. The third-order valence-corrected chi connectivity index (χ3v) is 5.09. The number of carbonyl (C=O) groups excluding carboxylic acids is 2. The molecule has 1 heterocycles. The Morgan fingerprint density at radius 3 is 2.65 bits per heavy atom. The van der Waals surface area contributed by atoms with Crippen molar-refractivity contribution in [3.63, 3.8) is 0 Å². The van der Waals surface area contributed by atoms with E-state index in [1.807, 2.05) is 23.1 Å². The number of amides is 2. The summed E-state index contributed by atoms with van der Waals surface area (Å²) in [4.78, 5) is 27.4. The predicted molar refractivity (Wildman–Crippen MR) is 102 cm³/mol. The number of benzene rings is 2. The van der Waals surface area contributed by atoms with Crippen molar-refractivity contribution in [2.24, 2.45) is 0 Å². The maximum Gasteiger partial charge on any atom is 0.243 e. The molecule has 0 spiro atoms. The van der Waals surface area contributed by atoms with E-state index in [1.165, 1.54) is 29.2 Å². The van der Waals surface area contributed by atoms with E-state index < -0.39 is 0 Å². The SMILES string of the molecule is O=C(CN1CCCSc2ccccc21)NCC(=O)Nc1ccc(F)cc1. The molecule has 2 aromatic rings. The molecule has 0 saturated carbocycles. The molecule has 7 heteroatoms. The maximum absolute atomic E-state index is 12.9. The zero-order chi connectivity index (χ0) is 18.4. The van der Waals surface area contributed by atoms with Crippen LogP contribution in [0, 0.1) is 5.82 Å². The molecule has 0 atom stereocenters. The van der Waals surface area contributed by atoms with Gasteiger partial charge in [0, 0.05) is 17.1 Å². The molecular weight excluding hydrogens is 353 g/mol. The number of carbonyl (C=O) groups is 2. The highest BCUT2D eigenvalue weighted by Gasteiger charge is 2.18. The van der Waals surface area contributed by atoms with Gasteiger partial charge in [-0.15, -0.1) is 11.8 Å². The van der Waals surface area contributed by atoms with Gasteiger partial charge in [0.1, 0.15) is 5.82 Å². The average molecular weight is 373 g/mol.